The number of hydrogen-bond donors (Lipinski definition) is 0. The van der Waals surface area contributed by atoms with Crippen molar-refractivity contribution in [1.82, 2.24) is 9.55 Å². The lowest BCUT2D eigenvalue weighted by molar-refractivity contribution is 0.321. The lowest BCUT2D eigenvalue weighted by Gasteiger charge is -2.31. The van der Waals surface area contributed by atoms with E-state index in [0.717, 1.165) is 40.6 Å². The molecule has 1 aliphatic rings. The first-order chi connectivity index (χ1) is 15.6. The van der Waals surface area contributed by atoms with E-state index in [9.17, 15) is 4.79 Å². The SMILES string of the molecule is Cc1nc2ccc(N(C)CC3CCC3)cc2c(=O)n1C(c1ccccc1)c1ccccc1. The topological polar surface area (TPSA) is 38.1 Å². The maximum atomic E-state index is 13.9. The molecular weight excluding hydrogens is 394 g/mol. The van der Waals surface area contributed by atoms with Crippen LogP contribution in [0.2, 0.25) is 0 Å². The Morgan fingerprint density at radius 2 is 1.59 bits per heavy atom. The zero-order valence-corrected chi connectivity index (χ0v) is 18.7. The first kappa shape index (κ1) is 20.5. The van der Waals surface area contributed by atoms with Gasteiger partial charge >= 0.3 is 0 Å². The van der Waals surface area contributed by atoms with Gasteiger partial charge in [0.2, 0.25) is 0 Å². The second kappa shape index (κ2) is 8.62. The first-order valence-electron chi connectivity index (χ1n) is 11.5. The summed E-state index contributed by atoms with van der Waals surface area (Å²) in [5, 5.41) is 0.672. The summed E-state index contributed by atoms with van der Waals surface area (Å²) in [6, 6.07) is 26.3. The fraction of sp³-hybridized carbons (Fsp3) is 0.286. The number of aryl methyl sites for hydroxylation is 1. The molecule has 162 valence electrons. The number of fused-ring (bicyclic) bond motifs is 1. The summed E-state index contributed by atoms with van der Waals surface area (Å²) in [5.74, 6) is 1.49. The maximum absolute atomic E-state index is 13.9. The van der Waals surface area contributed by atoms with Crippen LogP contribution in [0.25, 0.3) is 10.9 Å². The number of aromatic nitrogens is 2. The van der Waals surface area contributed by atoms with Crippen molar-refractivity contribution in [2.24, 2.45) is 5.92 Å². The van der Waals surface area contributed by atoms with Gasteiger partial charge in [0.25, 0.3) is 5.56 Å². The lowest BCUT2D eigenvalue weighted by Crippen LogP contribution is -2.31. The highest BCUT2D eigenvalue weighted by molar-refractivity contribution is 5.82. The number of nitrogens with zero attached hydrogens (tertiary/aromatic N) is 3. The van der Waals surface area contributed by atoms with Gasteiger partial charge in [-0.3, -0.25) is 9.36 Å². The molecule has 1 heterocycles. The van der Waals surface area contributed by atoms with Crippen molar-refractivity contribution in [3.63, 3.8) is 0 Å². The van der Waals surface area contributed by atoms with Gasteiger partial charge < -0.3 is 4.90 Å². The van der Waals surface area contributed by atoms with E-state index in [1.807, 2.05) is 60.0 Å². The number of benzene rings is 3. The summed E-state index contributed by atoms with van der Waals surface area (Å²) in [6.07, 6.45) is 3.95. The average Bonchev–Trinajstić information content (AvgIpc) is 2.80. The molecule has 1 saturated carbocycles. The van der Waals surface area contributed by atoms with Crippen molar-refractivity contribution in [2.75, 3.05) is 18.5 Å². The van der Waals surface area contributed by atoms with Gasteiger partial charge in [-0.25, -0.2) is 4.98 Å². The number of hydrogen-bond acceptors (Lipinski definition) is 3. The number of rotatable bonds is 6. The Hall–Kier alpha value is -3.40. The largest absolute Gasteiger partial charge is 0.374 e. The van der Waals surface area contributed by atoms with E-state index in [0.29, 0.717) is 5.39 Å². The molecule has 0 aliphatic heterocycles. The van der Waals surface area contributed by atoms with Crippen LogP contribution in [0.3, 0.4) is 0 Å². The highest BCUT2D eigenvalue weighted by atomic mass is 16.1. The molecule has 4 heteroatoms. The van der Waals surface area contributed by atoms with Crippen LogP contribution in [0.5, 0.6) is 0 Å². The molecule has 3 aromatic carbocycles. The standard InChI is InChI=1S/C28H29N3O/c1-20-29-26-17-16-24(30(2)19-21-10-9-11-21)18-25(26)28(32)31(20)27(22-12-5-3-6-13-22)23-14-7-4-8-15-23/h3-8,12-18,21,27H,9-11,19H2,1-2H3. The van der Waals surface area contributed by atoms with Gasteiger partial charge in [-0.2, -0.15) is 0 Å². The molecule has 1 aliphatic carbocycles. The molecule has 4 aromatic rings. The van der Waals surface area contributed by atoms with Gasteiger partial charge in [0.1, 0.15) is 5.82 Å². The molecule has 1 aromatic heterocycles. The van der Waals surface area contributed by atoms with Crippen LogP contribution in [0, 0.1) is 12.8 Å². The minimum absolute atomic E-state index is 0.00380. The summed E-state index contributed by atoms with van der Waals surface area (Å²) >= 11 is 0. The van der Waals surface area contributed by atoms with Gasteiger partial charge in [0.05, 0.1) is 16.9 Å². The molecule has 1 fully saturated rings. The molecule has 0 saturated heterocycles. The highest BCUT2D eigenvalue weighted by Crippen LogP contribution is 2.30. The maximum Gasteiger partial charge on any atom is 0.262 e. The Balaban J connectivity index is 1.65. The van der Waals surface area contributed by atoms with Crippen molar-refractivity contribution < 1.29 is 0 Å². The Morgan fingerprint density at radius 3 is 2.16 bits per heavy atom. The van der Waals surface area contributed by atoms with Crippen LogP contribution in [0.15, 0.2) is 83.7 Å². The summed E-state index contributed by atoms with van der Waals surface area (Å²) < 4.78 is 1.85. The fourth-order valence-corrected chi connectivity index (χ4v) is 4.77. The van der Waals surface area contributed by atoms with Gasteiger partial charge in [0, 0.05) is 19.3 Å². The molecule has 0 N–H and O–H groups in total. The quantitative estimate of drug-likeness (QED) is 0.406. The molecule has 0 spiro atoms. The molecular formula is C28H29N3O. The highest BCUT2D eigenvalue weighted by Gasteiger charge is 2.22. The summed E-state index contributed by atoms with van der Waals surface area (Å²) in [7, 11) is 2.12. The van der Waals surface area contributed by atoms with Gasteiger partial charge in [0.15, 0.2) is 0 Å². The Labute approximate surface area is 189 Å². The summed E-state index contributed by atoms with van der Waals surface area (Å²) in [4.78, 5) is 21.0. The molecule has 0 amide bonds. The lowest BCUT2D eigenvalue weighted by atomic mass is 9.85. The van der Waals surface area contributed by atoms with Crippen molar-refractivity contribution in [2.45, 2.75) is 32.2 Å². The molecule has 0 bridgehead atoms. The van der Waals surface area contributed by atoms with E-state index in [1.54, 1.807) is 0 Å². The van der Waals surface area contributed by atoms with Crippen LogP contribution in [0.4, 0.5) is 5.69 Å². The molecule has 5 rings (SSSR count). The summed E-state index contributed by atoms with van der Waals surface area (Å²) in [5.41, 5.74) is 3.98. The van der Waals surface area contributed by atoms with E-state index in [-0.39, 0.29) is 11.6 Å². The van der Waals surface area contributed by atoms with Crippen LogP contribution >= 0.6 is 0 Å². The minimum Gasteiger partial charge on any atom is -0.374 e. The van der Waals surface area contributed by atoms with E-state index >= 15 is 0 Å². The third-order valence-electron chi connectivity index (χ3n) is 6.75. The van der Waals surface area contributed by atoms with E-state index < -0.39 is 0 Å². The number of anilines is 1. The minimum atomic E-state index is -0.224. The molecule has 4 nitrogen and oxygen atoms in total. The Kier molecular flexibility index (Phi) is 5.52. The van der Waals surface area contributed by atoms with Crippen molar-refractivity contribution in [3.05, 3.63) is 106 Å². The summed E-state index contributed by atoms with van der Waals surface area (Å²) in [6.45, 7) is 2.96. The predicted molar refractivity (Wildman–Crippen MR) is 131 cm³/mol. The molecule has 0 atom stereocenters. The van der Waals surface area contributed by atoms with E-state index in [1.165, 1.54) is 19.3 Å². The van der Waals surface area contributed by atoms with Crippen LogP contribution in [-0.2, 0) is 0 Å². The van der Waals surface area contributed by atoms with Gasteiger partial charge in [-0.1, -0.05) is 67.1 Å². The average molecular weight is 424 g/mol. The second-order valence-corrected chi connectivity index (χ2v) is 8.94. The molecule has 0 radical (unpaired) electrons. The smallest absolute Gasteiger partial charge is 0.262 e. The molecule has 0 unspecified atom stereocenters. The van der Waals surface area contributed by atoms with Crippen LogP contribution in [0.1, 0.15) is 42.3 Å². The van der Waals surface area contributed by atoms with Gasteiger partial charge in [-0.15, -0.1) is 0 Å². The fourth-order valence-electron chi connectivity index (χ4n) is 4.77. The van der Waals surface area contributed by atoms with Gasteiger partial charge in [-0.05, 0) is 55.0 Å². The predicted octanol–water partition coefficient (Wildman–Crippen LogP) is 5.58. The monoisotopic (exact) mass is 423 g/mol. The zero-order valence-electron chi connectivity index (χ0n) is 18.7. The Bertz CT molecular complexity index is 1240. The third kappa shape index (κ3) is 3.81. The zero-order chi connectivity index (χ0) is 22.1. The van der Waals surface area contributed by atoms with Crippen LogP contribution in [-0.4, -0.2) is 23.1 Å². The Morgan fingerprint density at radius 1 is 0.969 bits per heavy atom. The third-order valence-corrected chi connectivity index (χ3v) is 6.75. The van der Waals surface area contributed by atoms with E-state index in [4.69, 9.17) is 4.98 Å². The normalized spacial score (nSPS) is 14.0. The second-order valence-electron chi connectivity index (χ2n) is 8.94. The first-order valence-corrected chi connectivity index (χ1v) is 11.5. The van der Waals surface area contributed by atoms with E-state index in [2.05, 4.69) is 42.3 Å². The molecule has 32 heavy (non-hydrogen) atoms. The van der Waals surface area contributed by atoms with Crippen LogP contribution < -0.4 is 10.5 Å². The van der Waals surface area contributed by atoms with Crippen molar-refractivity contribution in [3.8, 4) is 0 Å². The van der Waals surface area contributed by atoms with Crippen molar-refractivity contribution in [1.29, 1.82) is 0 Å². The van der Waals surface area contributed by atoms with Crippen molar-refractivity contribution >= 4 is 16.6 Å².